The van der Waals surface area contributed by atoms with E-state index in [-0.39, 0.29) is 28.5 Å². The highest BCUT2D eigenvalue weighted by Crippen LogP contribution is 2.73. The van der Waals surface area contributed by atoms with E-state index in [4.69, 9.17) is 59.3 Å². The highest BCUT2D eigenvalue weighted by molar-refractivity contribution is 5.87. The van der Waals surface area contributed by atoms with Crippen LogP contribution in [0.15, 0.2) is 165 Å². The molecule has 0 spiro atoms. The van der Waals surface area contributed by atoms with Gasteiger partial charge in [-0.15, -0.1) is 0 Å². The van der Waals surface area contributed by atoms with Gasteiger partial charge in [0, 0.05) is 231 Å². The van der Waals surface area contributed by atoms with Crippen molar-refractivity contribution in [3.8, 4) is 92.5 Å². The largest absolute Gasteiger partial charge is 0.492 e. The highest BCUT2D eigenvalue weighted by atomic mass is 16.5. The number of ether oxygens (including phenoxy) is 6. The fourth-order valence-electron chi connectivity index (χ4n) is 20.0. The van der Waals surface area contributed by atoms with E-state index in [0.717, 1.165) is 153 Å². The van der Waals surface area contributed by atoms with Crippen LogP contribution in [0.1, 0.15) is 107 Å². The minimum atomic E-state index is -1.63. The number of hydrogen-bond donors (Lipinski definition) is 0. The molecular weight excluding hydrogens is 1560 g/mol. The molecule has 9 saturated heterocycles. The van der Waals surface area contributed by atoms with Crippen LogP contribution in [0, 0.1) is 75.2 Å². The average molecular weight is 1650 g/mol. The summed E-state index contributed by atoms with van der Waals surface area (Å²) in [6.07, 6.45) is 30.6. The van der Waals surface area contributed by atoms with Gasteiger partial charge in [0.2, 0.25) is 23.2 Å². The molecule has 9 aliphatic heterocycles. The Labute approximate surface area is 720 Å². The zero-order valence-electron chi connectivity index (χ0n) is 71.2. The second-order valence-electron chi connectivity index (χ2n) is 35.1. The lowest BCUT2D eigenvalue weighted by Gasteiger charge is -2.66. The molecule has 0 aromatic carbocycles. The first-order valence-electron chi connectivity index (χ1n) is 43.0. The van der Waals surface area contributed by atoms with Gasteiger partial charge in [0.25, 0.3) is 5.54 Å². The number of piperidine rings is 3. The SMILES string of the molecule is COc1ccc(CN2C3CC2CN(c2ccc(-c4cc(OCC56CC(C#N)(C5)C6)cn5ncc(C#N)c45)cn2)C3)cn1.[2H]C([2H])(c1ccc(OC)nc1)N1C2CC1CN(c1ccc(-c3cc(OCC4([N+]#[C-])CC4)cn4ncc(C#N)c34)cn1)C2.[C-]#[N+]C1(C)CC(COc2cc(-c3ccc(N4CC5CC(C4)N5Cc4ccc(OC)nc4)nc3)c3c(C#N)cnn3c2)C1. The fraction of sp³-hybridized carbons (Fsp3) is 0.394. The van der Waals surface area contributed by atoms with Gasteiger partial charge >= 0.3 is 0 Å². The molecule has 6 unspecified atom stereocenters. The van der Waals surface area contributed by atoms with Gasteiger partial charge in [0.15, 0.2) is 6.61 Å². The summed E-state index contributed by atoms with van der Waals surface area (Å²) in [6.45, 7) is 23.5. The van der Waals surface area contributed by atoms with E-state index < -0.39 is 12.0 Å². The van der Waals surface area contributed by atoms with Crippen LogP contribution in [-0.4, -0.2) is 201 Å². The predicted octanol–water partition coefficient (Wildman–Crippen LogP) is 12.8. The molecular formula is C94H90N24O6. The van der Waals surface area contributed by atoms with E-state index in [1.165, 1.54) is 24.0 Å². The van der Waals surface area contributed by atoms with Crippen molar-refractivity contribution in [2.75, 3.05) is 95.1 Å². The molecule has 12 aromatic rings. The maximum Gasteiger partial charge on any atom is 0.266 e. The first-order valence-corrected chi connectivity index (χ1v) is 42.0. The average Bonchev–Trinajstić information content (AvgIpc) is 0.774. The first-order chi connectivity index (χ1) is 61.3. The molecule has 8 bridgehead atoms. The van der Waals surface area contributed by atoms with Crippen LogP contribution in [0.4, 0.5) is 17.5 Å². The molecule has 622 valence electrons. The number of anilines is 3. The number of nitrogens with zero attached hydrogens (tertiary/aromatic N) is 24. The number of piperazine rings is 3. The summed E-state index contributed by atoms with van der Waals surface area (Å²) in [4.78, 5) is 48.9. The van der Waals surface area contributed by atoms with Crippen LogP contribution in [0.3, 0.4) is 0 Å². The second kappa shape index (κ2) is 31.8. The molecule has 26 rings (SSSR count). The molecule has 6 atom stereocenters. The van der Waals surface area contributed by atoms with Crippen molar-refractivity contribution in [3.63, 3.8) is 0 Å². The highest BCUT2D eigenvalue weighted by Gasteiger charge is 2.69. The number of hydrogen-bond acceptors (Lipinski definition) is 25. The lowest BCUT2D eigenvalue weighted by molar-refractivity contribution is -0.181. The molecule has 30 nitrogen and oxygen atoms in total. The predicted molar refractivity (Wildman–Crippen MR) is 459 cm³/mol. The van der Waals surface area contributed by atoms with Crippen LogP contribution < -0.4 is 43.1 Å². The quantitative estimate of drug-likeness (QED) is 0.0507. The maximum absolute atomic E-state index is 9.75. The van der Waals surface area contributed by atoms with E-state index >= 15 is 0 Å². The van der Waals surface area contributed by atoms with Crippen LogP contribution in [0.5, 0.6) is 34.9 Å². The summed E-state index contributed by atoms with van der Waals surface area (Å²) in [5, 5.41) is 51.7. The Hall–Kier alpha value is -14.0. The molecule has 0 amide bonds. The maximum atomic E-state index is 9.75. The van der Waals surface area contributed by atoms with E-state index in [1.54, 1.807) is 84.2 Å². The van der Waals surface area contributed by atoms with Gasteiger partial charge in [-0.25, -0.2) is 56.6 Å². The second-order valence-corrected chi connectivity index (χ2v) is 35.1. The molecule has 124 heavy (non-hydrogen) atoms. The van der Waals surface area contributed by atoms with Crippen molar-refractivity contribution in [3.05, 3.63) is 222 Å². The Morgan fingerprint density at radius 2 is 0.847 bits per heavy atom. The Morgan fingerprint density at radius 1 is 0.460 bits per heavy atom. The molecule has 12 aromatic heterocycles. The lowest BCUT2D eigenvalue weighted by atomic mass is 9.36. The first kappa shape index (κ1) is 76.1. The molecule has 0 radical (unpaired) electrons. The Bertz CT molecular complexity index is 6360. The number of rotatable bonds is 24. The van der Waals surface area contributed by atoms with Crippen molar-refractivity contribution >= 4 is 34.0 Å². The Kier molecular flexibility index (Phi) is 19.5. The molecule has 21 heterocycles. The third-order valence-electron chi connectivity index (χ3n) is 26.8. The number of fused-ring (bicyclic) bond motifs is 9. The molecule has 30 heteroatoms. The van der Waals surface area contributed by atoms with Gasteiger partial charge < -0.3 is 52.8 Å². The molecule has 14 fully saturated rings. The standard InChI is InChI=1S/C32H30N8O2.C32H32N8O2.C30H28N8O2/c1-41-29-5-2-21(9-36-29)12-39-24-6-25(39)14-38(13-24)28-4-3-22(10-35-28)27-7-26(15-40-30(27)23(8-33)11-37-40)42-20-32-16-31(17-32,18-32)19-34;1-32(34-2)10-22(11-32)20-42-27-9-28(31-24(12-33)15-37-40(31)19-27)23-5-6-29(35-14-23)38-17-25-8-26(18-38)39(25)16-21-4-7-30(41-3)36-13-21;1-32-30(7-8-30)19-40-25-10-26(29-22(11-31)14-35-38(29)18-25)21-4-5-27(33-13-21)36-16-23-9-24(17-36)37(23)15-20-3-6-28(39-2)34-12-20/h2-5,7,9-11,15,24-25H,6,12-14,16-18,20H2,1H3;4-7,9,13-15,19,22,25-26H,8,10-11,16-18,20H2,1,3H3;3-6,10,12-14,18,23-24H,7-9,15-17,19H2,2H3/i;;15D2. The topological polar surface area (TPSA) is 308 Å². The Morgan fingerprint density at radius 3 is 1.19 bits per heavy atom. The van der Waals surface area contributed by atoms with Gasteiger partial charge in [-0.2, -0.15) is 36.3 Å². The summed E-state index contributed by atoms with van der Waals surface area (Å²) >= 11 is 0. The number of nitriles is 4. The van der Waals surface area contributed by atoms with Crippen LogP contribution in [-0.2, 0) is 19.6 Å². The van der Waals surface area contributed by atoms with Crippen molar-refractivity contribution in [1.82, 2.24) is 73.4 Å². The fourth-order valence-corrected chi connectivity index (χ4v) is 20.0. The smallest absolute Gasteiger partial charge is 0.266 e. The summed E-state index contributed by atoms with van der Waals surface area (Å²) < 4.78 is 56.7. The lowest BCUT2D eigenvalue weighted by Crippen LogP contribution is -2.68. The third kappa shape index (κ3) is 14.9. The minimum Gasteiger partial charge on any atom is -0.492 e. The van der Waals surface area contributed by atoms with Crippen molar-refractivity contribution < 1.29 is 31.2 Å². The van der Waals surface area contributed by atoms with Gasteiger partial charge in [-0.05, 0) is 110 Å². The van der Waals surface area contributed by atoms with Crippen LogP contribution in [0.25, 0.3) is 59.6 Å². The van der Waals surface area contributed by atoms with E-state index in [0.29, 0.717) is 126 Å². The number of pyridine rings is 9. The molecule has 14 aliphatic rings. The molecule has 5 saturated carbocycles. The number of aromatic nitrogens is 12. The summed E-state index contributed by atoms with van der Waals surface area (Å²) in [5.41, 5.74) is 11.1. The van der Waals surface area contributed by atoms with Gasteiger partial charge in [0.05, 0.1) is 116 Å². The van der Waals surface area contributed by atoms with Crippen molar-refractivity contribution in [2.45, 2.75) is 138 Å². The van der Waals surface area contributed by atoms with Crippen molar-refractivity contribution in [2.24, 2.45) is 16.7 Å². The van der Waals surface area contributed by atoms with Crippen molar-refractivity contribution in [1.29, 1.82) is 21.0 Å². The molecule has 5 aliphatic carbocycles. The summed E-state index contributed by atoms with van der Waals surface area (Å²) in [6, 6.07) is 40.9. The monoisotopic (exact) mass is 1650 g/mol. The third-order valence-corrected chi connectivity index (χ3v) is 26.8. The van der Waals surface area contributed by atoms with E-state index in [9.17, 15) is 21.0 Å². The molecule has 0 N–H and O–H groups in total. The van der Waals surface area contributed by atoms with Crippen LogP contribution in [0.2, 0.25) is 0 Å². The summed E-state index contributed by atoms with van der Waals surface area (Å²) in [7, 11) is 4.81. The van der Waals surface area contributed by atoms with Gasteiger partial charge in [-0.3, -0.25) is 14.7 Å². The Balaban J connectivity index is 0.000000119. The van der Waals surface area contributed by atoms with Crippen LogP contribution >= 0.6 is 0 Å². The normalized spacial score (nSPS) is 24.7. The van der Waals surface area contributed by atoms with Gasteiger partial charge in [0.1, 0.15) is 52.9 Å². The zero-order chi connectivity index (χ0) is 86.4. The van der Waals surface area contributed by atoms with E-state index in [1.807, 2.05) is 91.5 Å². The van der Waals surface area contributed by atoms with E-state index in [2.05, 4.69) is 125 Å². The van der Waals surface area contributed by atoms with Gasteiger partial charge in [-0.1, -0.05) is 18.2 Å². The summed E-state index contributed by atoms with van der Waals surface area (Å²) in [5.74, 6) is 6.84. The number of methoxy groups -OCH3 is 3. The zero-order valence-corrected chi connectivity index (χ0v) is 69.2. The minimum absolute atomic E-state index is 0.0611.